The van der Waals surface area contributed by atoms with Gasteiger partial charge in [-0.1, -0.05) is 6.07 Å². The Morgan fingerprint density at radius 3 is 3.12 bits per heavy atom. The molecule has 1 amide bonds. The molecule has 4 heterocycles. The number of imidazole rings is 1. The summed E-state index contributed by atoms with van der Waals surface area (Å²) < 4.78 is 0. The Kier molecular flexibility index (Phi) is 4.24. The predicted molar refractivity (Wildman–Crippen MR) is 92.7 cm³/mol. The van der Waals surface area contributed by atoms with E-state index in [0.29, 0.717) is 18.7 Å². The minimum Gasteiger partial charge on any atom is -0.354 e. The second kappa shape index (κ2) is 6.84. The standard InChI is InChI=1S/C17H19N7O/c25-17(19-8-13-5-1-2-6-18-13)12-4-3-7-24(9-12)16-14-15(21-10-20-14)22-11-23-16/h1-2,5-6,10-12H,3-4,7-9H2,(H,19,25)(H,20,21,22,23)/t12-/m0/s1. The number of hydrogen-bond acceptors (Lipinski definition) is 6. The van der Waals surface area contributed by atoms with Crippen molar-refractivity contribution >= 4 is 22.9 Å². The number of H-pyrrole nitrogens is 1. The van der Waals surface area contributed by atoms with Gasteiger partial charge < -0.3 is 15.2 Å². The average molecular weight is 337 g/mol. The van der Waals surface area contributed by atoms with Crippen molar-refractivity contribution in [2.45, 2.75) is 19.4 Å². The van der Waals surface area contributed by atoms with E-state index < -0.39 is 0 Å². The van der Waals surface area contributed by atoms with Gasteiger partial charge in [-0.2, -0.15) is 0 Å². The summed E-state index contributed by atoms with van der Waals surface area (Å²) in [5, 5.41) is 2.99. The monoisotopic (exact) mass is 337 g/mol. The molecule has 0 spiro atoms. The molecule has 4 rings (SSSR count). The molecule has 8 nitrogen and oxygen atoms in total. The lowest BCUT2D eigenvalue weighted by molar-refractivity contribution is -0.125. The number of aromatic amines is 1. The molecular weight excluding hydrogens is 318 g/mol. The molecule has 0 aliphatic carbocycles. The molecule has 3 aromatic rings. The van der Waals surface area contributed by atoms with Crippen molar-refractivity contribution in [2.24, 2.45) is 5.92 Å². The highest BCUT2D eigenvalue weighted by atomic mass is 16.1. The lowest BCUT2D eigenvalue weighted by Crippen LogP contribution is -2.43. The Morgan fingerprint density at radius 2 is 2.24 bits per heavy atom. The van der Waals surface area contributed by atoms with E-state index in [1.807, 2.05) is 18.2 Å². The molecule has 1 atom stereocenters. The third-order valence-corrected chi connectivity index (χ3v) is 4.46. The molecule has 0 bridgehead atoms. The molecule has 1 aliphatic rings. The normalized spacial score (nSPS) is 17.6. The van der Waals surface area contributed by atoms with Crippen LogP contribution in [0.1, 0.15) is 18.5 Å². The Morgan fingerprint density at radius 1 is 1.28 bits per heavy atom. The van der Waals surface area contributed by atoms with Crippen molar-refractivity contribution in [3.63, 3.8) is 0 Å². The van der Waals surface area contributed by atoms with E-state index in [0.717, 1.165) is 36.4 Å². The Hall–Kier alpha value is -3.03. The van der Waals surface area contributed by atoms with Gasteiger partial charge in [0, 0.05) is 19.3 Å². The molecule has 0 unspecified atom stereocenters. The van der Waals surface area contributed by atoms with Gasteiger partial charge in [-0.05, 0) is 25.0 Å². The number of fused-ring (bicyclic) bond motifs is 1. The largest absolute Gasteiger partial charge is 0.354 e. The molecule has 0 aromatic carbocycles. The number of nitrogens with zero attached hydrogens (tertiary/aromatic N) is 5. The maximum absolute atomic E-state index is 12.5. The maximum atomic E-state index is 12.5. The summed E-state index contributed by atoms with van der Waals surface area (Å²) >= 11 is 0. The molecule has 0 radical (unpaired) electrons. The number of rotatable bonds is 4. The Bertz CT molecular complexity index is 864. The van der Waals surface area contributed by atoms with Gasteiger partial charge in [0.15, 0.2) is 11.5 Å². The topological polar surface area (TPSA) is 99.7 Å². The summed E-state index contributed by atoms with van der Waals surface area (Å²) in [7, 11) is 0. The fraction of sp³-hybridized carbons (Fsp3) is 0.353. The van der Waals surface area contributed by atoms with Gasteiger partial charge in [-0.25, -0.2) is 15.0 Å². The van der Waals surface area contributed by atoms with Gasteiger partial charge >= 0.3 is 0 Å². The summed E-state index contributed by atoms with van der Waals surface area (Å²) in [5.41, 5.74) is 2.32. The third kappa shape index (κ3) is 3.28. The summed E-state index contributed by atoms with van der Waals surface area (Å²) in [6, 6.07) is 5.69. The Balaban J connectivity index is 1.44. The predicted octanol–water partition coefficient (Wildman–Crippen LogP) is 1.28. The maximum Gasteiger partial charge on any atom is 0.225 e. The molecule has 2 N–H and O–H groups in total. The third-order valence-electron chi connectivity index (χ3n) is 4.46. The van der Waals surface area contributed by atoms with Crippen LogP contribution in [-0.4, -0.2) is 43.9 Å². The lowest BCUT2D eigenvalue weighted by atomic mass is 9.97. The minimum absolute atomic E-state index is 0.0604. The van der Waals surface area contributed by atoms with Crippen LogP contribution < -0.4 is 10.2 Å². The number of hydrogen-bond donors (Lipinski definition) is 2. The van der Waals surface area contributed by atoms with Crippen molar-refractivity contribution in [2.75, 3.05) is 18.0 Å². The summed E-state index contributed by atoms with van der Waals surface area (Å²) in [5.74, 6) is 0.806. The molecule has 1 saturated heterocycles. The Labute approximate surface area is 144 Å². The second-order valence-corrected chi connectivity index (χ2v) is 6.12. The van der Waals surface area contributed by atoms with Crippen LogP contribution in [0.2, 0.25) is 0 Å². The van der Waals surface area contributed by atoms with Crippen LogP contribution in [0.4, 0.5) is 5.82 Å². The zero-order valence-corrected chi connectivity index (χ0v) is 13.7. The van der Waals surface area contributed by atoms with E-state index >= 15 is 0 Å². The first kappa shape index (κ1) is 15.5. The SMILES string of the molecule is O=C(NCc1ccccn1)[C@H]1CCCN(c2ncnc3nc[nH]c23)C1. The van der Waals surface area contributed by atoms with Crippen molar-refractivity contribution in [3.05, 3.63) is 42.7 Å². The molecule has 1 aliphatic heterocycles. The van der Waals surface area contributed by atoms with Crippen molar-refractivity contribution in [1.82, 2.24) is 30.2 Å². The van der Waals surface area contributed by atoms with E-state index in [4.69, 9.17) is 0 Å². The van der Waals surface area contributed by atoms with Crippen LogP contribution in [0, 0.1) is 5.92 Å². The van der Waals surface area contributed by atoms with E-state index in [9.17, 15) is 4.79 Å². The van der Waals surface area contributed by atoms with E-state index in [-0.39, 0.29) is 11.8 Å². The minimum atomic E-state index is -0.0644. The number of pyridine rings is 1. The van der Waals surface area contributed by atoms with E-state index in [1.54, 1.807) is 12.5 Å². The van der Waals surface area contributed by atoms with Crippen LogP contribution in [-0.2, 0) is 11.3 Å². The van der Waals surface area contributed by atoms with Crippen LogP contribution >= 0.6 is 0 Å². The number of carbonyl (C=O) groups excluding carboxylic acids is 1. The number of piperidine rings is 1. The van der Waals surface area contributed by atoms with Crippen LogP contribution in [0.3, 0.4) is 0 Å². The number of aromatic nitrogens is 5. The van der Waals surface area contributed by atoms with Crippen molar-refractivity contribution in [1.29, 1.82) is 0 Å². The van der Waals surface area contributed by atoms with E-state index in [2.05, 4.69) is 35.1 Å². The summed E-state index contributed by atoms with van der Waals surface area (Å²) in [4.78, 5) is 34.7. The first-order valence-corrected chi connectivity index (χ1v) is 8.38. The van der Waals surface area contributed by atoms with Crippen molar-refractivity contribution in [3.8, 4) is 0 Å². The lowest BCUT2D eigenvalue weighted by Gasteiger charge is -2.32. The first-order chi connectivity index (χ1) is 12.3. The van der Waals surface area contributed by atoms with Crippen LogP contribution in [0.5, 0.6) is 0 Å². The molecule has 25 heavy (non-hydrogen) atoms. The smallest absolute Gasteiger partial charge is 0.225 e. The number of carbonyl (C=O) groups is 1. The fourth-order valence-electron chi connectivity index (χ4n) is 3.20. The van der Waals surface area contributed by atoms with Gasteiger partial charge in [-0.3, -0.25) is 9.78 Å². The summed E-state index contributed by atoms with van der Waals surface area (Å²) in [6.45, 7) is 1.96. The highest BCUT2D eigenvalue weighted by molar-refractivity contribution is 5.84. The summed E-state index contributed by atoms with van der Waals surface area (Å²) in [6.07, 6.45) is 6.69. The molecule has 3 aromatic heterocycles. The molecular formula is C17H19N7O. The van der Waals surface area contributed by atoms with Gasteiger partial charge in [0.1, 0.15) is 11.8 Å². The average Bonchev–Trinajstić information content (AvgIpc) is 3.16. The molecule has 0 saturated carbocycles. The zero-order chi connectivity index (χ0) is 17.1. The molecule has 8 heteroatoms. The van der Waals surface area contributed by atoms with Gasteiger partial charge in [0.2, 0.25) is 5.91 Å². The quantitative estimate of drug-likeness (QED) is 0.744. The molecule has 1 fully saturated rings. The number of anilines is 1. The second-order valence-electron chi connectivity index (χ2n) is 6.12. The number of amides is 1. The van der Waals surface area contributed by atoms with Gasteiger partial charge in [0.05, 0.1) is 24.5 Å². The highest BCUT2D eigenvalue weighted by Crippen LogP contribution is 2.25. The first-order valence-electron chi connectivity index (χ1n) is 8.38. The van der Waals surface area contributed by atoms with Gasteiger partial charge in [0.25, 0.3) is 0 Å². The number of nitrogens with one attached hydrogen (secondary N) is 2. The fourth-order valence-corrected chi connectivity index (χ4v) is 3.20. The molecule has 128 valence electrons. The van der Waals surface area contributed by atoms with Crippen molar-refractivity contribution < 1.29 is 4.79 Å². The van der Waals surface area contributed by atoms with E-state index in [1.165, 1.54) is 6.33 Å². The highest BCUT2D eigenvalue weighted by Gasteiger charge is 2.27. The zero-order valence-electron chi connectivity index (χ0n) is 13.7. The van der Waals surface area contributed by atoms with Gasteiger partial charge in [-0.15, -0.1) is 0 Å². The van der Waals surface area contributed by atoms with Crippen LogP contribution in [0.15, 0.2) is 37.1 Å². The van der Waals surface area contributed by atoms with Crippen LogP contribution in [0.25, 0.3) is 11.2 Å².